The Morgan fingerprint density at radius 1 is 0.944 bits per heavy atom. The molecule has 2 fully saturated rings. The summed E-state index contributed by atoms with van der Waals surface area (Å²) in [7, 11) is 0. The molecule has 0 aliphatic heterocycles. The van der Waals surface area contributed by atoms with E-state index in [-0.39, 0.29) is 0 Å². The van der Waals surface area contributed by atoms with Gasteiger partial charge in [0, 0.05) is 5.92 Å². The molecule has 0 heterocycles. The Balaban J connectivity index is 1.75. The topological polar surface area (TPSA) is 23.8 Å². The zero-order valence-electron chi connectivity index (χ0n) is 12.2. The van der Waals surface area contributed by atoms with Crippen LogP contribution >= 0.6 is 0 Å². The minimum atomic E-state index is 0.373. The summed E-state index contributed by atoms with van der Waals surface area (Å²) < 4.78 is 0. The van der Waals surface area contributed by atoms with Crippen LogP contribution in [0, 0.1) is 40.9 Å². The summed E-state index contributed by atoms with van der Waals surface area (Å²) in [6.07, 6.45) is 12.2. The van der Waals surface area contributed by atoms with E-state index >= 15 is 0 Å². The summed E-state index contributed by atoms with van der Waals surface area (Å²) in [5.41, 5.74) is 0. The van der Waals surface area contributed by atoms with Crippen molar-refractivity contribution >= 4 is 0 Å². The van der Waals surface area contributed by atoms with Crippen LogP contribution < -0.4 is 0 Å². The standard InChI is InChI=1S/C17H29N/c1-3-13(2)15-8-10-17(11-9-15)16-6-4-14(12-18)5-7-16/h13-17H,3-11H2,1-2H3. The molecule has 2 rings (SSSR count). The monoisotopic (exact) mass is 247 g/mol. The third-order valence-corrected chi connectivity index (χ3v) is 5.89. The molecule has 0 radical (unpaired) electrons. The van der Waals surface area contributed by atoms with E-state index in [4.69, 9.17) is 5.26 Å². The van der Waals surface area contributed by atoms with E-state index in [0.717, 1.165) is 23.7 Å². The molecule has 1 atom stereocenters. The summed E-state index contributed by atoms with van der Waals surface area (Å²) in [5, 5.41) is 8.96. The van der Waals surface area contributed by atoms with Gasteiger partial charge in [0.2, 0.25) is 0 Å². The molecule has 0 aromatic rings. The largest absolute Gasteiger partial charge is 0.198 e. The van der Waals surface area contributed by atoms with Crippen LogP contribution in [-0.2, 0) is 0 Å². The van der Waals surface area contributed by atoms with Crippen molar-refractivity contribution < 1.29 is 0 Å². The number of rotatable bonds is 3. The highest BCUT2D eigenvalue weighted by Crippen LogP contribution is 2.43. The van der Waals surface area contributed by atoms with Gasteiger partial charge in [-0.2, -0.15) is 5.26 Å². The Labute approximate surface area is 113 Å². The fraction of sp³-hybridized carbons (Fsp3) is 0.941. The summed E-state index contributed by atoms with van der Waals surface area (Å²) in [4.78, 5) is 0. The van der Waals surface area contributed by atoms with Gasteiger partial charge in [-0.3, -0.25) is 0 Å². The van der Waals surface area contributed by atoms with Crippen molar-refractivity contribution in [3.63, 3.8) is 0 Å². The molecular weight excluding hydrogens is 218 g/mol. The van der Waals surface area contributed by atoms with E-state index in [1.807, 2.05) is 0 Å². The average molecular weight is 247 g/mol. The lowest BCUT2D eigenvalue weighted by molar-refractivity contribution is 0.135. The van der Waals surface area contributed by atoms with Crippen LogP contribution in [0.1, 0.15) is 71.6 Å². The maximum Gasteiger partial charge on any atom is 0.0655 e. The fourth-order valence-electron chi connectivity index (χ4n) is 4.24. The van der Waals surface area contributed by atoms with Gasteiger partial charge in [0.15, 0.2) is 0 Å². The lowest BCUT2D eigenvalue weighted by atomic mass is 9.67. The normalized spacial score (nSPS) is 38.9. The lowest BCUT2D eigenvalue weighted by Crippen LogP contribution is -2.27. The third-order valence-electron chi connectivity index (χ3n) is 5.89. The molecule has 2 aliphatic carbocycles. The highest BCUT2D eigenvalue weighted by molar-refractivity contribution is 4.89. The van der Waals surface area contributed by atoms with Crippen LogP contribution in [0.5, 0.6) is 0 Å². The molecule has 0 bridgehead atoms. The number of hydrogen-bond donors (Lipinski definition) is 0. The smallest absolute Gasteiger partial charge is 0.0655 e. The van der Waals surface area contributed by atoms with Crippen molar-refractivity contribution in [2.75, 3.05) is 0 Å². The Morgan fingerprint density at radius 3 is 1.89 bits per heavy atom. The molecule has 0 aromatic heterocycles. The van der Waals surface area contributed by atoms with Crippen molar-refractivity contribution in [2.24, 2.45) is 29.6 Å². The Bertz CT molecular complexity index is 274. The van der Waals surface area contributed by atoms with Gasteiger partial charge in [-0.05, 0) is 75.0 Å². The van der Waals surface area contributed by atoms with Gasteiger partial charge in [-0.15, -0.1) is 0 Å². The SMILES string of the molecule is CCC(C)C1CCC(C2CCC(C#N)CC2)CC1. The zero-order valence-corrected chi connectivity index (χ0v) is 12.2. The summed E-state index contributed by atoms with van der Waals surface area (Å²) >= 11 is 0. The van der Waals surface area contributed by atoms with E-state index in [2.05, 4.69) is 19.9 Å². The molecule has 1 unspecified atom stereocenters. The van der Waals surface area contributed by atoms with Crippen LogP contribution in [0.3, 0.4) is 0 Å². The molecule has 18 heavy (non-hydrogen) atoms. The van der Waals surface area contributed by atoms with Crippen molar-refractivity contribution in [2.45, 2.75) is 71.6 Å². The maximum atomic E-state index is 8.96. The molecule has 1 nitrogen and oxygen atoms in total. The number of nitriles is 1. The Kier molecular flexibility index (Phi) is 5.10. The van der Waals surface area contributed by atoms with Crippen LogP contribution in [-0.4, -0.2) is 0 Å². The molecule has 0 aromatic carbocycles. The van der Waals surface area contributed by atoms with Gasteiger partial charge in [-0.25, -0.2) is 0 Å². The number of nitrogens with zero attached hydrogens (tertiary/aromatic N) is 1. The second kappa shape index (κ2) is 6.60. The third kappa shape index (κ3) is 3.28. The zero-order chi connectivity index (χ0) is 13.0. The highest BCUT2D eigenvalue weighted by Gasteiger charge is 2.31. The van der Waals surface area contributed by atoms with Gasteiger partial charge >= 0.3 is 0 Å². The maximum absolute atomic E-state index is 8.96. The fourth-order valence-corrected chi connectivity index (χ4v) is 4.24. The van der Waals surface area contributed by atoms with Crippen LogP contribution in [0.25, 0.3) is 0 Å². The van der Waals surface area contributed by atoms with Crippen molar-refractivity contribution in [3.8, 4) is 6.07 Å². The first-order valence-corrected chi connectivity index (χ1v) is 8.14. The molecular formula is C17H29N. The molecule has 2 saturated carbocycles. The molecule has 102 valence electrons. The van der Waals surface area contributed by atoms with E-state index < -0.39 is 0 Å². The summed E-state index contributed by atoms with van der Waals surface area (Å²) in [6.45, 7) is 4.77. The van der Waals surface area contributed by atoms with Gasteiger partial charge in [-0.1, -0.05) is 20.3 Å². The molecule has 1 heteroatoms. The van der Waals surface area contributed by atoms with E-state index in [1.54, 1.807) is 0 Å². The van der Waals surface area contributed by atoms with Crippen molar-refractivity contribution in [3.05, 3.63) is 0 Å². The van der Waals surface area contributed by atoms with Gasteiger partial charge in [0.1, 0.15) is 0 Å². The van der Waals surface area contributed by atoms with Crippen LogP contribution in [0.15, 0.2) is 0 Å². The van der Waals surface area contributed by atoms with E-state index in [1.165, 1.54) is 57.8 Å². The molecule has 0 N–H and O–H groups in total. The first-order valence-electron chi connectivity index (χ1n) is 8.14. The highest BCUT2D eigenvalue weighted by atomic mass is 14.4. The van der Waals surface area contributed by atoms with Gasteiger partial charge < -0.3 is 0 Å². The molecule has 2 aliphatic rings. The lowest BCUT2D eigenvalue weighted by Gasteiger charge is -2.38. The van der Waals surface area contributed by atoms with Gasteiger partial charge in [0.25, 0.3) is 0 Å². The van der Waals surface area contributed by atoms with Crippen molar-refractivity contribution in [1.82, 2.24) is 0 Å². The molecule has 0 amide bonds. The van der Waals surface area contributed by atoms with E-state index in [0.29, 0.717) is 5.92 Å². The predicted octanol–water partition coefficient (Wildman–Crippen LogP) is 5.17. The van der Waals surface area contributed by atoms with Crippen molar-refractivity contribution in [1.29, 1.82) is 5.26 Å². The van der Waals surface area contributed by atoms with Gasteiger partial charge in [0.05, 0.1) is 6.07 Å². The Morgan fingerprint density at radius 2 is 1.44 bits per heavy atom. The minimum absolute atomic E-state index is 0.373. The van der Waals surface area contributed by atoms with Crippen LogP contribution in [0.4, 0.5) is 0 Å². The second-order valence-electron chi connectivity index (χ2n) is 6.80. The minimum Gasteiger partial charge on any atom is -0.198 e. The quantitative estimate of drug-likeness (QED) is 0.675. The van der Waals surface area contributed by atoms with Crippen LogP contribution in [0.2, 0.25) is 0 Å². The summed E-state index contributed by atoms with van der Waals surface area (Å²) in [5.74, 6) is 4.25. The number of hydrogen-bond acceptors (Lipinski definition) is 1. The first-order chi connectivity index (χ1) is 8.74. The average Bonchev–Trinajstić information content (AvgIpc) is 2.47. The summed E-state index contributed by atoms with van der Waals surface area (Å²) in [6, 6.07) is 2.46. The van der Waals surface area contributed by atoms with E-state index in [9.17, 15) is 0 Å². The molecule has 0 spiro atoms. The predicted molar refractivity (Wildman–Crippen MR) is 76.0 cm³/mol. The molecule has 0 saturated heterocycles. The Hall–Kier alpha value is -0.510. The second-order valence-corrected chi connectivity index (χ2v) is 6.80. The first kappa shape index (κ1) is 13.9.